The average Bonchev–Trinajstić information content (AvgIpc) is 2.98. The quantitative estimate of drug-likeness (QED) is 0.108. The summed E-state index contributed by atoms with van der Waals surface area (Å²) in [6.45, 7) is 7.48. The summed E-state index contributed by atoms with van der Waals surface area (Å²) in [5.74, 6) is -1.02. The molecule has 4 rings (SSSR count). The van der Waals surface area contributed by atoms with Crippen molar-refractivity contribution in [3.05, 3.63) is 138 Å². The maximum Gasteiger partial charge on any atom is 0.343 e. The topological polar surface area (TPSA) is 71.1 Å². The molecule has 40 heavy (non-hydrogen) atoms. The van der Waals surface area contributed by atoms with Crippen LogP contribution in [0.25, 0.3) is 12.2 Å². The number of carbonyl (C=O) groups excluding carboxylic acids is 2. The number of esters is 2. The molecule has 0 radical (unpaired) electrons. The molecule has 0 aliphatic carbocycles. The van der Waals surface area contributed by atoms with Crippen LogP contribution in [0.1, 0.15) is 37.4 Å². The summed E-state index contributed by atoms with van der Waals surface area (Å²) in [4.78, 5) is 24.7. The Labute approximate surface area is 231 Å². The predicted molar refractivity (Wildman–Crippen MR) is 151 cm³/mol. The van der Waals surface area contributed by atoms with E-state index in [1.165, 1.54) is 12.1 Å². The van der Waals surface area contributed by atoms with Gasteiger partial charge >= 0.3 is 11.9 Å². The molecule has 6 nitrogen and oxygen atoms in total. The van der Waals surface area contributed by atoms with Crippen LogP contribution in [0.5, 0.6) is 17.2 Å². The lowest BCUT2D eigenvalue weighted by Gasteiger charge is -2.10. The number of ether oxygens (including phenoxy) is 4. The third-order valence-corrected chi connectivity index (χ3v) is 5.87. The van der Waals surface area contributed by atoms with Gasteiger partial charge in [-0.05, 0) is 65.2 Å². The van der Waals surface area contributed by atoms with E-state index in [-0.39, 0.29) is 24.7 Å². The maximum atomic E-state index is 14.6. The molecule has 0 fully saturated rings. The third-order valence-electron chi connectivity index (χ3n) is 5.87. The van der Waals surface area contributed by atoms with Crippen LogP contribution in [-0.4, -0.2) is 25.3 Å². The van der Waals surface area contributed by atoms with E-state index < -0.39 is 17.8 Å². The first-order chi connectivity index (χ1) is 19.4. The smallest absolute Gasteiger partial charge is 0.343 e. The van der Waals surface area contributed by atoms with Gasteiger partial charge in [0, 0.05) is 12.5 Å². The summed E-state index contributed by atoms with van der Waals surface area (Å²) < 4.78 is 36.2. The first-order valence-corrected chi connectivity index (χ1v) is 12.4. The van der Waals surface area contributed by atoms with Crippen LogP contribution in [0.3, 0.4) is 0 Å². The van der Waals surface area contributed by atoms with Crippen molar-refractivity contribution in [3.8, 4) is 17.2 Å². The second kappa shape index (κ2) is 13.6. The molecule has 0 heterocycles. The van der Waals surface area contributed by atoms with E-state index in [0.29, 0.717) is 23.5 Å². The van der Waals surface area contributed by atoms with Crippen LogP contribution < -0.4 is 14.2 Å². The van der Waals surface area contributed by atoms with Gasteiger partial charge in [-0.25, -0.2) is 14.0 Å². The lowest BCUT2D eigenvalue weighted by atomic mass is 10.1. The highest BCUT2D eigenvalue weighted by Crippen LogP contribution is 2.20. The Balaban J connectivity index is 1.21. The number of hydrogen-bond acceptors (Lipinski definition) is 6. The van der Waals surface area contributed by atoms with Crippen molar-refractivity contribution in [1.82, 2.24) is 0 Å². The molecule has 7 heteroatoms. The Morgan fingerprint density at radius 3 is 1.82 bits per heavy atom. The summed E-state index contributed by atoms with van der Waals surface area (Å²) in [5.41, 5.74) is 2.81. The summed E-state index contributed by atoms with van der Waals surface area (Å²) in [6, 6.07) is 24.9. The van der Waals surface area contributed by atoms with Gasteiger partial charge in [0.25, 0.3) is 0 Å². The molecule has 0 amide bonds. The number of carbonyl (C=O) groups is 2. The van der Waals surface area contributed by atoms with Crippen LogP contribution >= 0.6 is 0 Å². The molecule has 4 aromatic carbocycles. The van der Waals surface area contributed by atoms with Crippen LogP contribution in [-0.2, 0) is 11.2 Å². The minimum atomic E-state index is -0.849. The first-order valence-electron chi connectivity index (χ1n) is 12.4. The van der Waals surface area contributed by atoms with Gasteiger partial charge in [0.05, 0.1) is 17.7 Å². The summed E-state index contributed by atoms with van der Waals surface area (Å²) >= 11 is 0. The van der Waals surface area contributed by atoms with Crippen molar-refractivity contribution >= 4 is 24.1 Å². The molecule has 0 bridgehead atoms. The highest BCUT2D eigenvalue weighted by molar-refractivity contribution is 5.92. The highest BCUT2D eigenvalue weighted by Gasteiger charge is 2.16. The molecule has 0 spiro atoms. The van der Waals surface area contributed by atoms with Gasteiger partial charge in [-0.2, -0.15) is 0 Å². The van der Waals surface area contributed by atoms with Crippen molar-refractivity contribution in [3.63, 3.8) is 0 Å². The lowest BCUT2D eigenvalue weighted by Crippen LogP contribution is -2.12. The van der Waals surface area contributed by atoms with E-state index in [9.17, 15) is 14.0 Å². The Morgan fingerprint density at radius 1 is 0.700 bits per heavy atom. The largest absolute Gasteiger partial charge is 0.462 e. The molecule has 0 N–H and O–H groups in total. The molecule has 0 aliphatic rings. The fourth-order valence-corrected chi connectivity index (χ4v) is 3.60. The summed E-state index contributed by atoms with van der Waals surface area (Å²) in [5, 5.41) is 0. The Kier molecular flexibility index (Phi) is 9.45. The highest BCUT2D eigenvalue weighted by atomic mass is 19.1. The van der Waals surface area contributed by atoms with Gasteiger partial charge in [-0.1, -0.05) is 61.7 Å². The maximum absolute atomic E-state index is 14.6. The zero-order chi connectivity index (χ0) is 28.3. The fraction of sp³-hybridized carbons (Fsp3) is 0.0909. The van der Waals surface area contributed by atoms with Crippen molar-refractivity contribution in [1.29, 1.82) is 0 Å². The lowest BCUT2D eigenvalue weighted by molar-refractivity contribution is 0.0504. The molecule has 0 saturated heterocycles. The molecule has 0 atom stereocenters. The van der Waals surface area contributed by atoms with Crippen molar-refractivity contribution < 1.29 is 32.9 Å². The van der Waals surface area contributed by atoms with Gasteiger partial charge in [0.2, 0.25) is 6.79 Å². The van der Waals surface area contributed by atoms with Crippen molar-refractivity contribution in [2.24, 2.45) is 0 Å². The third kappa shape index (κ3) is 7.68. The minimum Gasteiger partial charge on any atom is -0.462 e. The van der Waals surface area contributed by atoms with E-state index in [0.717, 1.165) is 22.8 Å². The number of halogens is 1. The zero-order valence-corrected chi connectivity index (χ0v) is 21.7. The van der Waals surface area contributed by atoms with Crippen LogP contribution in [0.4, 0.5) is 4.39 Å². The monoisotopic (exact) mass is 538 g/mol. The van der Waals surface area contributed by atoms with Gasteiger partial charge in [-0.15, -0.1) is 0 Å². The molecule has 0 saturated carbocycles. The molecule has 202 valence electrons. The Bertz CT molecular complexity index is 1480. The van der Waals surface area contributed by atoms with Crippen molar-refractivity contribution in [2.45, 2.75) is 6.42 Å². The molecule has 0 unspecified atom stereocenters. The van der Waals surface area contributed by atoms with E-state index >= 15 is 0 Å². The molecule has 0 aromatic heterocycles. The fourth-order valence-electron chi connectivity index (χ4n) is 3.60. The van der Waals surface area contributed by atoms with E-state index in [1.54, 1.807) is 48.6 Å². The van der Waals surface area contributed by atoms with Crippen molar-refractivity contribution in [2.75, 3.05) is 13.4 Å². The van der Waals surface area contributed by atoms with Gasteiger partial charge < -0.3 is 18.9 Å². The van der Waals surface area contributed by atoms with E-state index in [2.05, 4.69) is 13.2 Å². The standard InChI is InChI=1S/C33H27FO6/c1-3-23-5-11-26(12-6-23)32(35)40-29-17-18-30(31(34)21-29)33(36)37-20-19-25-9-15-28(16-10-25)39-22-38-27-13-7-24(4-2)8-14-27/h3-18,21H,1-2,19-20,22H2. The Hall–Kier alpha value is -5.17. The first kappa shape index (κ1) is 27.9. The SMILES string of the molecule is C=Cc1ccc(OCOc2ccc(CCOC(=O)c3ccc(OC(=O)c4ccc(C=C)cc4)cc3F)cc2)cc1. The number of hydrogen-bond donors (Lipinski definition) is 0. The van der Waals surface area contributed by atoms with Crippen LogP contribution in [0, 0.1) is 5.82 Å². The van der Waals surface area contributed by atoms with E-state index in [1.807, 2.05) is 36.4 Å². The summed E-state index contributed by atoms with van der Waals surface area (Å²) in [6.07, 6.45) is 3.84. The minimum absolute atomic E-state index is 0.0230. The Morgan fingerprint density at radius 2 is 1.25 bits per heavy atom. The van der Waals surface area contributed by atoms with Crippen LogP contribution in [0.2, 0.25) is 0 Å². The van der Waals surface area contributed by atoms with Gasteiger partial charge in [0.15, 0.2) is 0 Å². The molecular formula is C33H27FO6. The average molecular weight is 539 g/mol. The van der Waals surface area contributed by atoms with Crippen LogP contribution in [0.15, 0.2) is 104 Å². The van der Waals surface area contributed by atoms with E-state index in [4.69, 9.17) is 18.9 Å². The molecular weight excluding hydrogens is 511 g/mol. The second-order valence-corrected chi connectivity index (χ2v) is 8.57. The normalized spacial score (nSPS) is 10.3. The van der Waals surface area contributed by atoms with Gasteiger partial charge in [-0.3, -0.25) is 0 Å². The number of benzene rings is 4. The predicted octanol–water partition coefficient (Wildman–Crippen LogP) is 7.15. The second-order valence-electron chi connectivity index (χ2n) is 8.57. The zero-order valence-electron chi connectivity index (χ0n) is 21.7. The number of rotatable bonds is 12. The molecule has 4 aromatic rings. The van der Waals surface area contributed by atoms with Gasteiger partial charge in [0.1, 0.15) is 23.1 Å². The summed E-state index contributed by atoms with van der Waals surface area (Å²) in [7, 11) is 0. The molecule has 0 aliphatic heterocycles.